The van der Waals surface area contributed by atoms with Crippen LogP contribution in [0.4, 0.5) is 0 Å². The molecule has 5 nitrogen and oxygen atoms in total. The Hall–Kier alpha value is -1.91. The highest BCUT2D eigenvalue weighted by atomic mass is 16.5. The lowest BCUT2D eigenvalue weighted by molar-refractivity contribution is -0.138. The summed E-state index contributed by atoms with van der Waals surface area (Å²) in [6, 6.07) is 3.65. The van der Waals surface area contributed by atoms with Crippen LogP contribution < -0.4 is 19.5 Å². The highest BCUT2D eigenvalue weighted by molar-refractivity contribution is 5.80. The van der Waals surface area contributed by atoms with Crippen LogP contribution in [0.2, 0.25) is 0 Å². The summed E-state index contributed by atoms with van der Waals surface area (Å²) in [6.45, 7) is 0.415. The highest BCUT2D eigenvalue weighted by Crippen LogP contribution is 2.56. The summed E-state index contributed by atoms with van der Waals surface area (Å²) in [5.74, 6) is 5.35. The zero-order valence-corrected chi connectivity index (χ0v) is 15.9. The van der Waals surface area contributed by atoms with Gasteiger partial charge in [-0.1, -0.05) is 0 Å². The van der Waals surface area contributed by atoms with E-state index in [-0.39, 0.29) is 11.8 Å². The molecule has 5 rings (SSSR count). The predicted octanol–water partition coefficient (Wildman–Crippen LogP) is 3.40. The van der Waals surface area contributed by atoms with Gasteiger partial charge in [0.05, 0.1) is 33.4 Å². The fourth-order valence-electron chi connectivity index (χ4n) is 5.90. The number of methoxy groups -OCH3 is 3. The van der Waals surface area contributed by atoms with Crippen LogP contribution in [0.3, 0.4) is 0 Å². The maximum atomic E-state index is 13.0. The fraction of sp³-hybridized carbons (Fsp3) is 0.667. The van der Waals surface area contributed by atoms with E-state index in [2.05, 4.69) is 5.32 Å². The van der Waals surface area contributed by atoms with Crippen molar-refractivity contribution in [2.45, 2.75) is 38.6 Å². The van der Waals surface area contributed by atoms with Crippen molar-refractivity contribution in [3.05, 3.63) is 17.7 Å². The van der Waals surface area contributed by atoms with Crippen molar-refractivity contribution in [2.24, 2.45) is 29.6 Å². The quantitative estimate of drug-likeness (QED) is 0.846. The minimum Gasteiger partial charge on any atom is -0.496 e. The predicted molar refractivity (Wildman–Crippen MR) is 98.5 cm³/mol. The number of amides is 1. The first-order valence-corrected chi connectivity index (χ1v) is 9.69. The molecule has 4 bridgehead atoms. The number of carbonyl (C=O) groups excluding carboxylic acids is 1. The average Bonchev–Trinajstić information content (AvgIpc) is 2.64. The zero-order chi connectivity index (χ0) is 18.3. The Bertz CT molecular complexity index is 634. The molecule has 1 N–H and O–H groups in total. The molecule has 0 radical (unpaired) electrons. The van der Waals surface area contributed by atoms with E-state index in [1.807, 2.05) is 12.1 Å². The molecule has 4 aliphatic rings. The monoisotopic (exact) mass is 359 g/mol. The highest BCUT2D eigenvalue weighted by Gasteiger charge is 2.50. The van der Waals surface area contributed by atoms with E-state index in [0.29, 0.717) is 35.6 Å². The molecule has 0 heterocycles. The van der Waals surface area contributed by atoms with Gasteiger partial charge in [0.2, 0.25) is 5.91 Å². The second kappa shape index (κ2) is 7.01. The first-order valence-electron chi connectivity index (χ1n) is 9.69. The number of nitrogens with one attached hydrogen (secondary N) is 1. The molecule has 26 heavy (non-hydrogen) atoms. The molecule has 4 aliphatic carbocycles. The van der Waals surface area contributed by atoms with Crippen LogP contribution in [0.25, 0.3) is 0 Å². The molecule has 1 aromatic rings. The Balaban J connectivity index is 1.48. The number of ether oxygens (including phenoxy) is 3. The van der Waals surface area contributed by atoms with Crippen LogP contribution in [-0.2, 0) is 11.3 Å². The molecule has 1 aromatic carbocycles. The maximum absolute atomic E-state index is 13.0. The smallest absolute Gasteiger partial charge is 0.223 e. The minimum atomic E-state index is 0.193. The van der Waals surface area contributed by atoms with Gasteiger partial charge in [-0.15, -0.1) is 0 Å². The Morgan fingerprint density at radius 1 is 0.923 bits per heavy atom. The van der Waals surface area contributed by atoms with Crippen molar-refractivity contribution in [3.63, 3.8) is 0 Å². The van der Waals surface area contributed by atoms with Gasteiger partial charge in [0.25, 0.3) is 0 Å². The normalized spacial score (nSPS) is 31.6. The third-order valence-electron chi connectivity index (χ3n) is 6.79. The lowest BCUT2D eigenvalue weighted by atomic mass is 9.51. The molecule has 4 fully saturated rings. The van der Waals surface area contributed by atoms with Gasteiger partial charge in [0.15, 0.2) is 0 Å². The summed E-state index contributed by atoms with van der Waals surface area (Å²) < 4.78 is 16.3. The lowest BCUT2D eigenvalue weighted by Crippen LogP contribution is -2.50. The molecule has 5 heteroatoms. The van der Waals surface area contributed by atoms with Crippen LogP contribution in [0.15, 0.2) is 12.1 Å². The number of rotatable bonds is 6. The maximum Gasteiger partial charge on any atom is 0.223 e. The minimum absolute atomic E-state index is 0.193. The SMILES string of the molecule is COc1cc(OC)c(CNC(=O)C2C3CC4CC(C3)CC2C4)c(OC)c1. The van der Waals surface area contributed by atoms with Crippen LogP contribution in [-0.4, -0.2) is 27.2 Å². The number of carbonyl (C=O) groups is 1. The van der Waals surface area contributed by atoms with E-state index in [9.17, 15) is 4.79 Å². The molecule has 0 atom stereocenters. The molecule has 0 aliphatic heterocycles. The van der Waals surface area contributed by atoms with Crippen molar-refractivity contribution < 1.29 is 19.0 Å². The Kier molecular flexibility index (Phi) is 4.72. The van der Waals surface area contributed by atoms with Crippen molar-refractivity contribution >= 4 is 5.91 Å². The Morgan fingerprint density at radius 3 is 1.92 bits per heavy atom. The van der Waals surface area contributed by atoms with Gasteiger partial charge in [-0.05, 0) is 55.8 Å². The molecule has 0 spiro atoms. The summed E-state index contributed by atoms with van der Waals surface area (Å²) >= 11 is 0. The molecule has 1 amide bonds. The molecule has 142 valence electrons. The van der Waals surface area contributed by atoms with E-state index in [0.717, 1.165) is 17.4 Å². The van der Waals surface area contributed by atoms with Gasteiger partial charge in [-0.25, -0.2) is 0 Å². The largest absolute Gasteiger partial charge is 0.496 e. The van der Waals surface area contributed by atoms with Gasteiger partial charge in [-0.2, -0.15) is 0 Å². The third-order valence-corrected chi connectivity index (χ3v) is 6.79. The van der Waals surface area contributed by atoms with Gasteiger partial charge in [0.1, 0.15) is 17.2 Å². The second-order valence-electron chi connectivity index (χ2n) is 8.18. The first kappa shape index (κ1) is 17.5. The molecule has 0 unspecified atom stereocenters. The molecular formula is C21H29NO4. The van der Waals surface area contributed by atoms with E-state index in [1.54, 1.807) is 21.3 Å². The van der Waals surface area contributed by atoms with Crippen LogP contribution in [0.1, 0.15) is 37.7 Å². The average molecular weight is 359 g/mol. The molecule has 4 saturated carbocycles. The lowest BCUT2D eigenvalue weighted by Gasteiger charge is -2.53. The van der Waals surface area contributed by atoms with E-state index in [1.165, 1.54) is 32.1 Å². The van der Waals surface area contributed by atoms with Crippen LogP contribution in [0, 0.1) is 29.6 Å². The van der Waals surface area contributed by atoms with E-state index in [4.69, 9.17) is 14.2 Å². The Morgan fingerprint density at radius 2 is 1.46 bits per heavy atom. The summed E-state index contributed by atoms with van der Waals surface area (Å²) in [7, 11) is 4.86. The summed E-state index contributed by atoms with van der Waals surface area (Å²) in [5, 5.41) is 3.17. The van der Waals surface area contributed by atoms with Gasteiger partial charge < -0.3 is 19.5 Å². The van der Waals surface area contributed by atoms with Crippen molar-refractivity contribution in [1.82, 2.24) is 5.32 Å². The van der Waals surface area contributed by atoms with Crippen molar-refractivity contribution in [1.29, 1.82) is 0 Å². The fourth-order valence-corrected chi connectivity index (χ4v) is 5.90. The molecular weight excluding hydrogens is 330 g/mol. The molecule has 0 aromatic heterocycles. The summed E-state index contributed by atoms with van der Waals surface area (Å²) in [5.41, 5.74) is 0.855. The van der Waals surface area contributed by atoms with Gasteiger partial charge in [0, 0.05) is 18.1 Å². The topological polar surface area (TPSA) is 56.8 Å². The van der Waals surface area contributed by atoms with Crippen LogP contribution in [0.5, 0.6) is 17.2 Å². The van der Waals surface area contributed by atoms with E-state index < -0.39 is 0 Å². The zero-order valence-electron chi connectivity index (χ0n) is 15.9. The first-order chi connectivity index (χ1) is 12.6. The van der Waals surface area contributed by atoms with Crippen molar-refractivity contribution in [3.8, 4) is 17.2 Å². The Labute approximate surface area is 155 Å². The summed E-state index contributed by atoms with van der Waals surface area (Å²) in [4.78, 5) is 13.0. The van der Waals surface area contributed by atoms with E-state index >= 15 is 0 Å². The molecule has 0 saturated heterocycles. The number of benzene rings is 1. The van der Waals surface area contributed by atoms with Crippen LogP contribution >= 0.6 is 0 Å². The summed E-state index contributed by atoms with van der Waals surface area (Å²) in [6.07, 6.45) is 6.41. The van der Waals surface area contributed by atoms with Gasteiger partial charge in [-0.3, -0.25) is 4.79 Å². The third kappa shape index (κ3) is 3.01. The number of hydrogen-bond donors (Lipinski definition) is 1. The second-order valence-corrected chi connectivity index (χ2v) is 8.18. The van der Waals surface area contributed by atoms with Crippen molar-refractivity contribution in [2.75, 3.05) is 21.3 Å². The number of hydrogen-bond acceptors (Lipinski definition) is 4. The standard InChI is InChI=1S/C21H29NO4/c1-24-16-9-18(25-2)17(19(10-16)26-3)11-22-21(23)20-14-5-12-4-13(7-14)8-15(20)6-12/h9-10,12-15,20H,4-8,11H2,1-3H3,(H,22,23). The van der Waals surface area contributed by atoms with Gasteiger partial charge >= 0.3 is 0 Å².